The van der Waals surface area contributed by atoms with Gasteiger partial charge in [-0.15, -0.1) is 0 Å². The average molecular weight is 614 g/mol. The fraction of sp³-hybridized carbons (Fsp3) is 0.533. The molecule has 1 saturated heterocycles. The third kappa shape index (κ3) is 11.0. The highest BCUT2D eigenvalue weighted by molar-refractivity contribution is 7.86. The second-order valence-electron chi connectivity index (χ2n) is 11.5. The minimum Gasteiger partial charge on any atom is -0.444 e. The number of benzene rings is 2. The van der Waals surface area contributed by atoms with Crippen LogP contribution in [0.3, 0.4) is 0 Å². The lowest BCUT2D eigenvalue weighted by Crippen LogP contribution is -2.58. The van der Waals surface area contributed by atoms with E-state index in [9.17, 15) is 13.8 Å². The summed E-state index contributed by atoms with van der Waals surface area (Å²) in [6, 6.07) is 16.2. The van der Waals surface area contributed by atoms with Crippen molar-refractivity contribution >= 4 is 46.0 Å². The van der Waals surface area contributed by atoms with Crippen LogP contribution in [-0.2, 0) is 25.1 Å². The van der Waals surface area contributed by atoms with Gasteiger partial charge >= 0.3 is 6.09 Å². The summed E-state index contributed by atoms with van der Waals surface area (Å²) >= 11 is 11.6. The number of carbonyl (C=O) groups is 2. The molecule has 40 heavy (non-hydrogen) atoms. The molecule has 4 atom stereocenters. The zero-order valence-corrected chi connectivity index (χ0v) is 26.7. The monoisotopic (exact) mass is 612 g/mol. The maximum absolute atomic E-state index is 13.6. The molecule has 10 heteroatoms. The van der Waals surface area contributed by atoms with E-state index in [4.69, 9.17) is 32.7 Å². The van der Waals surface area contributed by atoms with Crippen LogP contribution in [0.15, 0.2) is 54.6 Å². The number of nitrogens with zero attached hydrogens (tertiary/aromatic N) is 1. The number of halogens is 2. The Kier molecular flexibility index (Phi) is 12.9. The molecular formula is C30H42Cl2N2O5S. The van der Waals surface area contributed by atoms with E-state index in [0.29, 0.717) is 17.2 Å². The van der Waals surface area contributed by atoms with Crippen molar-refractivity contribution in [1.29, 1.82) is 0 Å². The molecule has 3 rings (SSSR count). The minimum atomic E-state index is -1.14. The SMILES string of the molecule is CCC(CS(=O)C(C)(C)C)N1C(=O)C(CNC(=O)OC(C)(C)C)OCC1c1ccc(Cl)cc1.Clc1ccccc1. The molecular weight excluding hydrogens is 571 g/mol. The normalized spacial score (nSPS) is 19.2. The number of alkyl carbamates (subject to hydrolysis) is 1. The van der Waals surface area contributed by atoms with Crippen molar-refractivity contribution < 1.29 is 23.3 Å². The number of rotatable bonds is 7. The Morgan fingerprint density at radius 2 is 1.62 bits per heavy atom. The molecule has 0 aliphatic carbocycles. The average Bonchev–Trinajstić information content (AvgIpc) is 2.86. The molecule has 2 aromatic rings. The van der Waals surface area contributed by atoms with Crippen molar-refractivity contribution in [2.24, 2.45) is 0 Å². The summed E-state index contributed by atoms with van der Waals surface area (Å²) in [5.74, 6) is 0.122. The molecule has 0 saturated carbocycles. The Bertz CT molecular complexity index is 1120. The summed E-state index contributed by atoms with van der Waals surface area (Å²) in [6.07, 6.45) is -0.812. The minimum absolute atomic E-state index is 0.00359. The summed E-state index contributed by atoms with van der Waals surface area (Å²) in [7, 11) is -1.14. The van der Waals surface area contributed by atoms with Crippen LogP contribution >= 0.6 is 23.2 Å². The Hall–Kier alpha value is -2.13. The number of amides is 2. The molecule has 2 aromatic carbocycles. The van der Waals surface area contributed by atoms with Gasteiger partial charge in [0.15, 0.2) is 6.10 Å². The predicted octanol–water partition coefficient (Wildman–Crippen LogP) is 6.80. The maximum Gasteiger partial charge on any atom is 0.407 e. The van der Waals surface area contributed by atoms with E-state index >= 15 is 0 Å². The second-order valence-corrected chi connectivity index (χ2v) is 14.6. The van der Waals surface area contributed by atoms with Gasteiger partial charge in [0.2, 0.25) is 0 Å². The molecule has 0 bridgehead atoms. The lowest BCUT2D eigenvalue weighted by Gasteiger charge is -2.44. The van der Waals surface area contributed by atoms with Crippen LogP contribution < -0.4 is 5.32 Å². The van der Waals surface area contributed by atoms with Gasteiger partial charge < -0.3 is 19.7 Å². The quantitative estimate of drug-likeness (QED) is 0.372. The summed E-state index contributed by atoms with van der Waals surface area (Å²) in [5.41, 5.74) is 0.253. The van der Waals surface area contributed by atoms with Crippen LogP contribution in [0.25, 0.3) is 0 Å². The number of hydrogen-bond acceptors (Lipinski definition) is 5. The fourth-order valence-electron chi connectivity index (χ4n) is 3.93. The van der Waals surface area contributed by atoms with Crippen molar-refractivity contribution in [2.75, 3.05) is 18.9 Å². The molecule has 1 fully saturated rings. The van der Waals surface area contributed by atoms with Crippen LogP contribution in [0.4, 0.5) is 4.79 Å². The van der Waals surface area contributed by atoms with Gasteiger partial charge in [-0.25, -0.2) is 4.79 Å². The predicted molar refractivity (Wildman–Crippen MR) is 163 cm³/mol. The van der Waals surface area contributed by atoms with E-state index in [1.807, 2.05) is 70.2 Å². The molecule has 1 heterocycles. The van der Waals surface area contributed by atoms with Crippen LogP contribution in [0.5, 0.6) is 0 Å². The molecule has 0 aromatic heterocycles. The van der Waals surface area contributed by atoms with E-state index in [0.717, 1.165) is 10.6 Å². The summed E-state index contributed by atoms with van der Waals surface area (Å²) < 4.78 is 23.7. The Balaban J connectivity index is 0.000000693. The summed E-state index contributed by atoms with van der Waals surface area (Å²) in [4.78, 5) is 27.5. The van der Waals surface area contributed by atoms with Crippen molar-refractivity contribution in [3.8, 4) is 0 Å². The maximum atomic E-state index is 13.6. The van der Waals surface area contributed by atoms with Crippen LogP contribution in [0.1, 0.15) is 66.5 Å². The van der Waals surface area contributed by atoms with E-state index in [-0.39, 0.29) is 31.1 Å². The molecule has 0 spiro atoms. The number of nitrogens with one attached hydrogen (secondary N) is 1. The number of ether oxygens (including phenoxy) is 2. The van der Waals surface area contributed by atoms with Gasteiger partial charge in [-0.3, -0.25) is 9.00 Å². The lowest BCUT2D eigenvalue weighted by molar-refractivity contribution is -0.163. The molecule has 2 amide bonds. The van der Waals surface area contributed by atoms with Crippen molar-refractivity contribution in [3.05, 3.63) is 70.2 Å². The van der Waals surface area contributed by atoms with Gasteiger partial charge in [0, 0.05) is 37.4 Å². The first kappa shape index (κ1) is 34.1. The fourth-order valence-corrected chi connectivity index (χ4v) is 5.44. The topological polar surface area (TPSA) is 84.9 Å². The van der Waals surface area contributed by atoms with Gasteiger partial charge in [-0.1, -0.05) is 60.5 Å². The first-order chi connectivity index (χ1) is 18.6. The summed E-state index contributed by atoms with van der Waals surface area (Å²) in [6.45, 7) is 13.4. The zero-order chi connectivity index (χ0) is 30.1. The standard InChI is InChI=1S/C24H37ClN2O5S.C6H5Cl/c1-8-18(15-33(30)24(5,6)7)27-19(16-9-11-17(25)12-10-16)14-31-20(21(27)28)13-26-22(29)32-23(2,3)4;7-6-4-2-1-3-5-6/h9-12,18-20H,8,13-15H2,1-7H3,(H,26,29);1-5H. The smallest absolute Gasteiger partial charge is 0.407 e. The highest BCUT2D eigenvalue weighted by atomic mass is 35.5. The Morgan fingerprint density at radius 3 is 2.10 bits per heavy atom. The largest absolute Gasteiger partial charge is 0.444 e. The highest BCUT2D eigenvalue weighted by Crippen LogP contribution is 2.32. The third-order valence-electron chi connectivity index (χ3n) is 6.03. The van der Waals surface area contributed by atoms with Gasteiger partial charge in [0.1, 0.15) is 5.60 Å². The van der Waals surface area contributed by atoms with Gasteiger partial charge in [0.05, 0.1) is 19.2 Å². The number of morpholine rings is 1. The molecule has 4 unspecified atom stereocenters. The first-order valence-corrected chi connectivity index (χ1v) is 15.4. The molecule has 1 aliphatic rings. The van der Waals surface area contributed by atoms with Crippen LogP contribution in [0.2, 0.25) is 10.0 Å². The molecule has 222 valence electrons. The highest BCUT2D eigenvalue weighted by Gasteiger charge is 2.41. The molecule has 0 radical (unpaired) electrons. The van der Waals surface area contributed by atoms with Crippen molar-refractivity contribution in [3.63, 3.8) is 0 Å². The van der Waals surface area contributed by atoms with Crippen LogP contribution in [0, 0.1) is 0 Å². The zero-order valence-electron chi connectivity index (χ0n) is 24.4. The van der Waals surface area contributed by atoms with E-state index < -0.39 is 33.3 Å². The first-order valence-electron chi connectivity index (χ1n) is 13.4. The van der Waals surface area contributed by atoms with Gasteiger partial charge in [-0.2, -0.15) is 0 Å². The van der Waals surface area contributed by atoms with E-state index in [1.54, 1.807) is 37.8 Å². The van der Waals surface area contributed by atoms with Crippen molar-refractivity contribution in [2.45, 2.75) is 83.4 Å². The number of carbonyl (C=O) groups excluding carboxylic acids is 2. The van der Waals surface area contributed by atoms with Crippen molar-refractivity contribution in [1.82, 2.24) is 10.2 Å². The van der Waals surface area contributed by atoms with Crippen LogP contribution in [-0.4, -0.2) is 62.5 Å². The summed E-state index contributed by atoms with van der Waals surface area (Å²) in [5, 5.41) is 4.03. The molecule has 1 aliphatic heterocycles. The second kappa shape index (κ2) is 15.2. The lowest BCUT2D eigenvalue weighted by atomic mass is 10.00. The number of hydrogen-bond donors (Lipinski definition) is 1. The van der Waals surface area contributed by atoms with E-state index in [1.165, 1.54) is 0 Å². The third-order valence-corrected chi connectivity index (χ3v) is 8.59. The Labute approximate surface area is 251 Å². The van der Waals surface area contributed by atoms with Gasteiger partial charge in [0.25, 0.3) is 5.91 Å². The molecule has 1 N–H and O–H groups in total. The Morgan fingerprint density at radius 1 is 1.05 bits per heavy atom. The van der Waals surface area contributed by atoms with E-state index in [2.05, 4.69) is 5.32 Å². The molecule has 7 nitrogen and oxygen atoms in total. The van der Waals surface area contributed by atoms with Gasteiger partial charge in [-0.05, 0) is 77.8 Å².